The number of aliphatic hydroxyl groups excluding tert-OH is 1. The zero-order valence-electron chi connectivity index (χ0n) is 11.3. The molecule has 1 aliphatic rings. The number of hydrogen-bond donors (Lipinski definition) is 2. The Hall–Kier alpha value is -0.160. The Labute approximate surface area is 105 Å². The van der Waals surface area contributed by atoms with Crippen molar-refractivity contribution < 1.29 is 9.84 Å². The van der Waals surface area contributed by atoms with E-state index in [0.717, 1.165) is 0 Å². The first-order valence-electron chi connectivity index (χ1n) is 6.88. The first-order valence-corrected chi connectivity index (χ1v) is 6.88. The van der Waals surface area contributed by atoms with E-state index in [1.54, 1.807) is 7.11 Å². The van der Waals surface area contributed by atoms with Crippen molar-refractivity contribution >= 4 is 0 Å². The van der Waals surface area contributed by atoms with Crippen LogP contribution in [0.15, 0.2) is 0 Å². The summed E-state index contributed by atoms with van der Waals surface area (Å²) in [6, 6.07) is 0.617. The minimum Gasteiger partial charge on any atom is -0.395 e. The predicted molar refractivity (Wildman–Crippen MR) is 70.3 cm³/mol. The Morgan fingerprint density at radius 3 is 2.88 bits per heavy atom. The van der Waals surface area contributed by atoms with Crippen LogP contribution >= 0.6 is 0 Å². The van der Waals surface area contributed by atoms with Crippen molar-refractivity contribution in [2.24, 2.45) is 0 Å². The molecule has 0 spiro atoms. The van der Waals surface area contributed by atoms with E-state index in [9.17, 15) is 5.11 Å². The summed E-state index contributed by atoms with van der Waals surface area (Å²) >= 11 is 0. The van der Waals surface area contributed by atoms with Gasteiger partial charge in [-0.25, -0.2) is 0 Å². The zero-order valence-corrected chi connectivity index (χ0v) is 11.3. The maximum Gasteiger partial charge on any atom is 0.0638 e. The quantitative estimate of drug-likeness (QED) is 0.697. The lowest BCUT2D eigenvalue weighted by molar-refractivity contribution is 0.120. The fourth-order valence-electron chi connectivity index (χ4n) is 2.55. The minimum atomic E-state index is 0.0859. The number of rotatable bonds is 7. The molecule has 1 aliphatic heterocycles. The van der Waals surface area contributed by atoms with Crippen LogP contribution in [-0.4, -0.2) is 62.0 Å². The highest BCUT2D eigenvalue weighted by Crippen LogP contribution is 2.12. The van der Waals surface area contributed by atoms with Gasteiger partial charge in [0.1, 0.15) is 0 Å². The highest BCUT2D eigenvalue weighted by molar-refractivity contribution is 4.78. The van der Waals surface area contributed by atoms with Gasteiger partial charge in [0.05, 0.1) is 19.3 Å². The molecule has 0 saturated carbocycles. The van der Waals surface area contributed by atoms with E-state index in [0.29, 0.717) is 12.6 Å². The van der Waals surface area contributed by atoms with Crippen LogP contribution < -0.4 is 5.32 Å². The average Bonchev–Trinajstić information content (AvgIpc) is 2.55. The molecule has 102 valence electrons. The average molecular weight is 244 g/mol. The van der Waals surface area contributed by atoms with E-state index < -0.39 is 0 Å². The highest BCUT2D eigenvalue weighted by Gasteiger charge is 2.19. The Balaban J connectivity index is 2.29. The van der Waals surface area contributed by atoms with E-state index in [1.165, 1.54) is 45.3 Å². The van der Waals surface area contributed by atoms with Gasteiger partial charge in [-0.15, -0.1) is 0 Å². The van der Waals surface area contributed by atoms with Gasteiger partial charge in [-0.3, -0.25) is 0 Å². The molecule has 2 atom stereocenters. The maximum atomic E-state index is 9.24. The van der Waals surface area contributed by atoms with Crippen LogP contribution in [0.2, 0.25) is 0 Å². The van der Waals surface area contributed by atoms with E-state index in [4.69, 9.17) is 4.74 Å². The molecule has 0 aromatic heterocycles. The van der Waals surface area contributed by atoms with Crippen LogP contribution in [0.25, 0.3) is 0 Å². The van der Waals surface area contributed by atoms with Crippen molar-refractivity contribution in [2.75, 3.05) is 40.0 Å². The molecule has 1 rings (SSSR count). The Kier molecular flexibility index (Phi) is 7.77. The van der Waals surface area contributed by atoms with Gasteiger partial charge in [-0.2, -0.15) is 0 Å². The maximum absolute atomic E-state index is 9.24. The lowest BCUT2D eigenvalue weighted by Crippen LogP contribution is -2.43. The largest absolute Gasteiger partial charge is 0.395 e. The van der Waals surface area contributed by atoms with Crippen LogP contribution in [0, 0.1) is 0 Å². The van der Waals surface area contributed by atoms with E-state index in [2.05, 4.69) is 17.1 Å². The summed E-state index contributed by atoms with van der Waals surface area (Å²) in [5.41, 5.74) is 0. The number of hydrogen-bond acceptors (Lipinski definition) is 4. The summed E-state index contributed by atoms with van der Waals surface area (Å²) < 4.78 is 5.09. The molecule has 1 saturated heterocycles. The Morgan fingerprint density at radius 1 is 1.41 bits per heavy atom. The van der Waals surface area contributed by atoms with Crippen molar-refractivity contribution in [3.8, 4) is 0 Å². The molecule has 0 radical (unpaired) electrons. The molecule has 4 heteroatoms. The first-order chi connectivity index (χ1) is 8.30. The second-order valence-electron chi connectivity index (χ2n) is 4.97. The molecule has 2 unspecified atom stereocenters. The van der Waals surface area contributed by atoms with Crippen molar-refractivity contribution in [1.82, 2.24) is 10.2 Å². The number of likely N-dealkylation sites (tertiary alicyclic amines) is 1. The van der Waals surface area contributed by atoms with Crippen LogP contribution in [0.5, 0.6) is 0 Å². The van der Waals surface area contributed by atoms with Crippen LogP contribution in [-0.2, 0) is 4.74 Å². The van der Waals surface area contributed by atoms with Gasteiger partial charge in [0.15, 0.2) is 0 Å². The molecular formula is C13H28N2O2. The fraction of sp³-hybridized carbons (Fsp3) is 1.00. The first kappa shape index (κ1) is 14.9. The summed E-state index contributed by atoms with van der Waals surface area (Å²) in [5.74, 6) is 0. The summed E-state index contributed by atoms with van der Waals surface area (Å²) in [6.45, 7) is 6.60. The lowest BCUT2D eigenvalue weighted by atomic mass is 10.1. The van der Waals surface area contributed by atoms with Gasteiger partial charge < -0.3 is 20.1 Å². The standard InChI is InChI=1S/C13H28N2O2/c1-3-7-15-8-4-5-12(6-9-15)14-13(10-16)11-17-2/h12-14,16H,3-11H2,1-2H3. The molecular weight excluding hydrogens is 216 g/mol. The zero-order chi connectivity index (χ0) is 12.5. The highest BCUT2D eigenvalue weighted by atomic mass is 16.5. The minimum absolute atomic E-state index is 0.0859. The lowest BCUT2D eigenvalue weighted by Gasteiger charge is -2.23. The van der Waals surface area contributed by atoms with E-state index in [-0.39, 0.29) is 12.6 Å². The van der Waals surface area contributed by atoms with Crippen molar-refractivity contribution in [3.63, 3.8) is 0 Å². The molecule has 0 amide bonds. The van der Waals surface area contributed by atoms with Gasteiger partial charge in [-0.05, 0) is 45.3 Å². The normalized spacial score (nSPS) is 24.5. The Bertz CT molecular complexity index is 190. The van der Waals surface area contributed by atoms with Crippen molar-refractivity contribution in [2.45, 2.75) is 44.7 Å². The smallest absolute Gasteiger partial charge is 0.0638 e. The van der Waals surface area contributed by atoms with Gasteiger partial charge in [0.2, 0.25) is 0 Å². The molecule has 0 aromatic rings. The number of aliphatic hydroxyl groups is 1. The summed E-state index contributed by atoms with van der Waals surface area (Å²) in [6.07, 6.45) is 4.88. The molecule has 0 aromatic carbocycles. The summed E-state index contributed by atoms with van der Waals surface area (Å²) in [7, 11) is 1.68. The molecule has 17 heavy (non-hydrogen) atoms. The van der Waals surface area contributed by atoms with Crippen molar-refractivity contribution in [1.29, 1.82) is 0 Å². The van der Waals surface area contributed by atoms with Gasteiger partial charge >= 0.3 is 0 Å². The van der Waals surface area contributed by atoms with Gasteiger partial charge in [-0.1, -0.05) is 6.92 Å². The third-order valence-electron chi connectivity index (χ3n) is 3.42. The fourth-order valence-corrected chi connectivity index (χ4v) is 2.55. The summed E-state index contributed by atoms with van der Waals surface area (Å²) in [4.78, 5) is 2.55. The summed E-state index contributed by atoms with van der Waals surface area (Å²) in [5, 5.41) is 12.7. The van der Waals surface area contributed by atoms with Crippen LogP contribution in [0.4, 0.5) is 0 Å². The molecule has 2 N–H and O–H groups in total. The number of ether oxygens (including phenoxy) is 1. The van der Waals surface area contributed by atoms with Crippen LogP contribution in [0.3, 0.4) is 0 Å². The van der Waals surface area contributed by atoms with Crippen molar-refractivity contribution in [3.05, 3.63) is 0 Å². The predicted octanol–water partition coefficient (Wildman–Crippen LogP) is 0.848. The number of nitrogens with one attached hydrogen (secondary N) is 1. The Morgan fingerprint density at radius 2 is 2.24 bits per heavy atom. The molecule has 0 bridgehead atoms. The van der Waals surface area contributed by atoms with Gasteiger partial charge in [0, 0.05) is 13.2 Å². The monoisotopic (exact) mass is 244 g/mol. The second kappa shape index (κ2) is 8.86. The molecule has 4 nitrogen and oxygen atoms in total. The van der Waals surface area contributed by atoms with Crippen LogP contribution in [0.1, 0.15) is 32.6 Å². The van der Waals surface area contributed by atoms with E-state index >= 15 is 0 Å². The molecule has 0 aliphatic carbocycles. The topological polar surface area (TPSA) is 44.7 Å². The second-order valence-corrected chi connectivity index (χ2v) is 4.97. The molecule has 1 fully saturated rings. The third-order valence-corrected chi connectivity index (χ3v) is 3.42. The third kappa shape index (κ3) is 5.82. The SMILES string of the molecule is CCCN1CCCC(NC(CO)COC)CC1. The van der Waals surface area contributed by atoms with Gasteiger partial charge in [0.25, 0.3) is 0 Å². The number of nitrogens with zero attached hydrogens (tertiary/aromatic N) is 1. The van der Waals surface area contributed by atoms with E-state index in [1.807, 2.05) is 0 Å². The molecule has 1 heterocycles. The number of methoxy groups -OCH3 is 1.